The van der Waals surface area contributed by atoms with Crippen molar-refractivity contribution in [2.45, 2.75) is 181 Å². The summed E-state index contributed by atoms with van der Waals surface area (Å²) < 4.78 is 12.6. The highest BCUT2D eigenvalue weighted by atomic mass is 16.5. The van der Waals surface area contributed by atoms with Gasteiger partial charge >= 0.3 is 0 Å². The maximum absolute atomic E-state index is 15.6. The monoisotopic (exact) mass is 559 g/mol. The lowest BCUT2D eigenvalue weighted by Crippen LogP contribution is -2.56. The molecule has 4 rings (SSSR count). The molecular formula is C37H66O3. The number of hydrogen-bond acceptors (Lipinski definition) is 3. The highest BCUT2D eigenvalue weighted by Crippen LogP contribution is 2.58. The topological polar surface area (TPSA) is 35.5 Å². The molecule has 232 valence electrons. The van der Waals surface area contributed by atoms with E-state index in [2.05, 4.69) is 27.7 Å². The van der Waals surface area contributed by atoms with Crippen LogP contribution >= 0.6 is 0 Å². The Kier molecular flexibility index (Phi) is 12.9. The van der Waals surface area contributed by atoms with Gasteiger partial charge in [-0.2, -0.15) is 0 Å². The summed E-state index contributed by atoms with van der Waals surface area (Å²) in [5.41, 5.74) is -0.342. The Morgan fingerprint density at radius 1 is 0.525 bits per heavy atom. The fraction of sp³-hybridized carbons (Fsp3) is 0.973. The van der Waals surface area contributed by atoms with E-state index >= 15 is 4.79 Å². The van der Waals surface area contributed by atoms with Gasteiger partial charge in [-0.3, -0.25) is 4.79 Å². The molecule has 0 aromatic rings. The number of ether oxygens (including phenoxy) is 2. The Labute approximate surface area is 248 Å². The largest absolute Gasteiger partial charge is 0.378 e. The van der Waals surface area contributed by atoms with Crippen LogP contribution < -0.4 is 0 Å². The van der Waals surface area contributed by atoms with Crippen molar-refractivity contribution in [2.75, 3.05) is 13.2 Å². The molecule has 0 N–H and O–H groups in total. The van der Waals surface area contributed by atoms with Gasteiger partial charge in [0, 0.05) is 24.0 Å². The third kappa shape index (κ3) is 7.56. The van der Waals surface area contributed by atoms with Crippen LogP contribution in [0.5, 0.6) is 0 Å². The van der Waals surface area contributed by atoms with Crippen molar-refractivity contribution in [3.05, 3.63) is 0 Å². The van der Waals surface area contributed by atoms with Gasteiger partial charge in [0.15, 0.2) is 0 Å². The Morgan fingerprint density at radius 2 is 0.850 bits per heavy atom. The molecule has 0 aromatic heterocycles. The van der Waals surface area contributed by atoms with Gasteiger partial charge in [-0.25, -0.2) is 0 Å². The molecule has 0 bridgehead atoms. The molecule has 0 radical (unpaired) electrons. The zero-order chi connectivity index (χ0) is 28.4. The van der Waals surface area contributed by atoms with Crippen LogP contribution in [0.3, 0.4) is 0 Å². The van der Waals surface area contributed by atoms with Crippen LogP contribution in [0.4, 0.5) is 0 Å². The molecule has 4 aliphatic carbocycles. The quantitative estimate of drug-likeness (QED) is 0.199. The van der Waals surface area contributed by atoms with E-state index in [1.807, 2.05) is 0 Å². The standard InChI is InChI=1S/C37H66O3/c1-5-7-27-39-33-23-19-31(20-24-33)36(3,29-15-11-9-12-16-29)35(38)37(4,30-17-13-10-14-18-30)32-21-25-34(26-22-32)40-28-8-6-2/h29-34H,5-28H2,1-4H3/t31-,32-,33-,34-,36?,37?. The number of Topliss-reactive ketones (excluding diaryl/α,β-unsaturated/α-hetero) is 1. The minimum Gasteiger partial charge on any atom is -0.378 e. The van der Waals surface area contributed by atoms with Crippen molar-refractivity contribution < 1.29 is 14.3 Å². The molecule has 0 aromatic carbocycles. The molecule has 3 heteroatoms. The molecule has 4 fully saturated rings. The Hall–Kier alpha value is -0.410. The van der Waals surface area contributed by atoms with Crippen LogP contribution in [0, 0.1) is 34.5 Å². The second kappa shape index (κ2) is 15.9. The Bertz CT molecular complexity index is 662. The van der Waals surface area contributed by atoms with E-state index in [1.54, 1.807) is 0 Å². The van der Waals surface area contributed by atoms with E-state index in [0.29, 0.717) is 41.7 Å². The number of hydrogen-bond donors (Lipinski definition) is 0. The maximum atomic E-state index is 15.6. The van der Waals surface area contributed by atoms with Gasteiger partial charge in [0.05, 0.1) is 12.2 Å². The summed E-state index contributed by atoms with van der Waals surface area (Å²) in [5.74, 6) is 2.93. The molecule has 0 spiro atoms. The van der Waals surface area contributed by atoms with Crippen molar-refractivity contribution in [3.8, 4) is 0 Å². The summed E-state index contributed by atoms with van der Waals surface area (Å²) in [6.07, 6.45) is 28.1. The predicted molar refractivity (Wildman–Crippen MR) is 168 cm³/mol. The average molecular weight is 559 g/mol. The first-order valence-electron chi connectivity index (χ1n) is 18.2. The minimum absolute atomic E-state index is 0.171. The first kappa shape index (κ1) is 32.5. The van der Waals surface area contributed by atoms with Crippen molar-refractivity contribution in [1.29, 1.82) is 0 Å². The lowest BCUT2D eigenvalue weighted by atomic mass is 9.48. The van der Waals surface area contributed by atoms with Crippen molar-refractivity contribution >= 4 is 5.78 Å². The highest BCUT2D eigenvalue weighted by molar-refractivity contribution is 5.91. The molecular weight excluding hydrogens is 492 g/mol. The van der Waals surface area contributed by atoms with Crippen LogP contribution in [0.2, 0.25) is 0 Å². The van der Waals surface area contributed by atoms with E-state index in [-0.39, 0.29) is 10.8 Å². The summed E-state index contributed by atoms with van der Waals surface area (Å²) in [6.45, 7) is 11.3. The zero-order valence-corrected chi connectivity index (χ0v) is 27.2. The van der Waals surface area contributed by atoms with E-state index in [1.165, 1.54) is 116 Å². The lowest BCUT2D eigenvalue weighted by molar-refractivity contribution is -0.159. The highest BCUT2D eigenvalue weighted by Gasteiger charge is 2.58. The van der Waals surface area contributed by atoms with E-state index < -0.39 is 0 Å². The summed E-state index contributed by atoms with van der Waals surface area (Å²) in [5, 5.41) is 0. The van der Waals surface area contributed by atoms with Crippen LogP contribution in [-0.4, -0.2) is 31.2 Å². The van der Waals surface area contributed by atoms with Crippen LogP contribution in [0.1, 0.15) is 169 Å². The smallest absolute Gasteiger partial charge is 0.145 e. The second-order valence-electron chi connectivity index (χ2n) is 15.0. The number of ketones is 1. The summed E-state index contributed by atoms with van der Waals surface area (Å²) in [7, 11) is 0. The average Bonchev–Trinajstić information content (AvgIpc) is 3.01. The van der Waals surface area contributed by atoms with Gasteiger partial charge in [-0.1, -0.05) is 79.1 Å². The van der Waals surface area contributed by atoms with Gasteiger partial charge in [-0.05, 0) is 114 Å². The van der Waals surface area contributed by atoms with Gasteiger partial charge in [0.25, 0.3) is 0 Å². The van der Waals surface area contributed by atoms with Crippen LogP contribution in [0.15, 0.2) is 0 Å². The van der Waals surface area contributed by atoms with Crippen molar-refractivity contribution in [3.63, 3.8) is 0 Å². The molecule has 0 heterocycles. The van der Waals surface area contributed by atoms with Crippen molar-refractivity contribution in [2.24, 2.45) is 34.5 Å². The van der Waals surface area contributed by atoms with Gasteiger partial charge in [-0.15, -0.1) is 0 Å². The SMILES string of the molecule is CCCCO[C@H]1CC[C@H](C(C)(C(=O)C(C)(C2CCCCC2)[C@H]2CC[C@H](OCCCC)CC2)C2CCCCC2)CC1. The zero-order valence-electron chi connectivity index (χ0n) is 27.2. The minimum atomic E-state index is -0.171. The number of rotatable bonds is 14. The van der Waals surface area contributed by atoms with Gasteiger partial charge < -0.3 is 9.47 Å². The third-order valence-electron chi connectivity index (χ3n) is 12.6. The Morgan fingerprint density at radius 3 is 1.18 bits per heavy atom. The molecule has 3 nitrogen and oxygen atoms in total. The Balaban J connectivity index is 1.56. The third-order valence-corrected chi connectivity index (χ3v) is 12.6. The van der Waals surface area contributed by atoms with Crippen LogP contribution in [0.25, 0.3) is 0 Å². The van der Waals surface area contributed by atoms with E-state index in [9.17, 15) is 0 Å². The van der Waals surface area contributed by atoms with Crippen LogP contribution in [-0.2, 0) is 14.3 Å². The fourth-order valence-corrected chi connectivity index (χ4v) is 9.84. The summed E-state index contributed by atoms with van der Waals surface area (Å²) in [4.78, 5) is 15.6. The number of unbranched alkanes of at least 4 members (excludes halogenated alkanes) is 2. The van der Waals surface area contributed by atoms with E-state index in [4.69, 9.17) is 9.47 Å². The summed E-state index contributed by atoms with van der Waals surface area (Å²) >= 11 is 0. The van der Waals surface area contributed by atoms with Crippen molar-refractivity contribution in [1.82, 2.24) is 0 Å². The normalized spacial score (nSPS) is 32.3. The molecule has 4 aliphatic rings. The maximum Gasteiger partial charge on any atom is 0.145 e. The van der Waals surface area contributed by atoms with E-state index in [0.717, 1.165) is 38.9 Å². The fourth-order valence-electron chi connectivity index (χ4n) is 9.84. The lowest BCUT2D eigenvalue weighted by Gasteiger charge is -2.55. The van der Waals surface area contributed by atoms with Gasteiger partial charge in [0.2, 0.25) is 0 Å². The molecule has 40 heavy (non-hydrogen) atoms. The molecule has 0 aliphatic heterocycles. The molecule has 0 amide bonds. The molecule has 2 unspecified atom stereocenters. The van der Waals surface area contributed by atoms with Gasteiger partial charge in [0.1, 0.15) is 5.78 Å². The molecule has 0 saturated heterocycles. The molecule has 2 atom stereocenters. The molecule has 4 saturated carbocycles. The number of carbonyl (C=O) groups excluding carboxylic acids is 1. The predicted octanol–water partition coefficient (Wildman–Crippen LogP) is 10.5. The second-order valence-corrected chi connectivity index (χ2v) is 15.0. The summed E-state index contributed by atoms with van der Waals surface area (Å²) in [6, 6.07) is 0. The first-order chi connectivity index (χ1) is 19.4. The first-order valence-corrected chi connectivity index (χ1v) is 18.2. The number of carbonyl (C=O) groups is 1.